The number of thiazole rings is 1. The Morgan fingerprint density at radius 1 is 1.09 bits per heavy atom. The van der Waals surface area contributed by atoms with Gasteiger partial charge in [0.2, 0.25) is 0 Å². The molecule has 0 fully saturated rings. The zero-order valence-electron chi connectivity index (χ0n) is 30.1. The Bertz CT molecular complexity index is 1220. The Balaban J connectivity index is 2.62. The number of methoxy groups -OCH3 is 1. The molecule has 0 spiro atoms. The van der Waals surface area contributed by atoms with E-state index in [0.717, 1.165) is 41.1 Å². The number of Topliss-reactive ketones (excluding diaryl/α,β-unsaturated/α-hetero) is 1. The van der Waals surface area contributed by atoms with Gasteiger partial charge in [-0.1, -0.05) is 33.8 Å². The molecule has 0 amide bonds. The number of nitrogens with zero attached hydrogens (tertiary/aromatic N) is 1. The molecule has 0 saturated heterocycles. The highest BCUT2D eigenvalue weighted by molar-refractivity contribution is 7.09. The average Bonchev–Trinajstić information content (AvgIpc) is 3.32. The van der Waals surface area contributed by atoms with Crippen LogP contribution >= 0.6 is 11.3 Å². The van der Waals surface area contributed by atoms with Crippen molar-refractivity contribution in [3.63, 3.8) is 0 Å². The maximum absolute atomic E-state index is 14.4. The highest BCUT2D eigenvalue weighted by Gasteiger charge is 2.46. The number of hydrogen-bond donors (Lipinski definition) is 0. The lowest BCUT2D eigenvalue weighted by Gasteiger charge is -2.41. The van der Waals surface area contributed by atoms with Crippen LogP contribution in [0, 0.1) is 24.2 Å². The number of aryl methyl sites for hydroxylation is 1. The Morgan fingerprint density at radius 3 is 2.29 bits per heavy atom. The van der Waals surface area contributed by atoms with E-state index in [2.05, 4.69) is 57.3 Å². The second-order valence-electron chi connectivity index (χ2n) is 15.1. The number of carbonyl (C=O) groups is 2. The van der Waals surface area contributed by atoms with Gasteiger partial charge in [-0.3, -0.25) is 9.59 Å². The molecule has 1 aromatic rings. The first-order chi connectivity index (χ1) is 20.7. The molecule has 7 nitrogen and oxygen atoms in total. The fourth-order valence-corrected chi connectivity index (χ4v) is 8.86. The van der Waals surface area contributed by atoms with Crippen molar-refractivity contribution >= 4 is 45.8 Å². The number of esters is 1. The van der Waals surface area contributed by atoms with E-state index in [9.17, 15) is 9.59 Å². The van der Waals surface area contributed by atoms with Crippen LogP contribution in [0.4, 0.5) is 0 Å². The van der Waals surface area contributed by atoms with Gasteiger partial charge < -0.3 is 18.3 Å². The minimum Gasteiger partial charge on any atom is -0.504 e. The summed E-state index contributed by atoms with van der Waals surface area (Å²) in [6.45, 7) is 24.8. The van der Waals surface area contributed by atoms with Crippen molar-refractivity contribution in [3.05, 3.63) is 45.6 Å². The molecular weight excluding hydrogens is 619 g/mol. The first-order valence-electron chi connectivity index (χ1n) is 16.3. The lowest BCUT2D eigenvalue weighted by Crippen LogP contribution is -2.51. The number of allylic oxidation sites excluding steroid dienone is 2. The summed E-state index contributed by atoms with van der Waals surface area (Å²) >= 11 is 1.59. The number of ketones is 1. The molecule has 0 radical (unpaired) electrons. The molecule has 254 valence electrons. The van der Waals surface area contributed by atoms with Gasteiger partial charge in [0.25, 0.3) is 0 Å². The molecule has 2 rings (SSSR count). The van der Waals surface area contributed by atoms with Gasteiger partial charge in [0, 0.05) is 23.1 Å². The first kappa shape index (κ1) is 39.3. The van der Waals surface area contributed by atoms with Crippen LogP contribution in [0.2, 0.25) is 39.3 Å². The highest BCUT2D eigenvalue weighted by atomic mass is 32.1. The maximum Gasteiger partial charge on any atom is 0.309 e. The summed E-state index contributed by atoms with van der Waals surface area (Å²) in [5.41, 5.74) is 1.95. The second kappa shape index (κ2) is 16.8. The molecule has 0 bridgehead atoms. The van der Waals surface area contributed by atoms with Crippen LogP contribution in [0.5, 0.6) is 0 Å². The second-order valence-corrected chi connectivity index (χ2v) is 25.1. The molecule has 0 N–H and O–H groups in total. The summed E-state index contributed by atoms with van der Waals surface area (Å²) in [5.74, 6) is -0.498. The van der Waals surface area contributed by atoms with E-state index >= 15 is 0 Å². The zero-order valence-corrected chi connectivity index (χ0v) is 32.9. The van der Waals surface area contributed by atoms with E-state index in [4.69, 9.17) is 18.3 Å². The van der Waals surface area contributed by atoms with Crippen LogP contribution in [-0.2, 0) is 27.9 Å². The number of carbonyl (C=O) groups excluding carboxylic acids is 2. The fourth-order valence-electron chi connectivity index (χ4n) is 5.80. The Hall–Kier alpha value is -1.86. The lowest BCUT2D eigenvalue weighted by atomic mass is 9.73. The molecule has 0 aliphatic carbocycles. The monoisotopic (exact) mass is 677 g/mol. The summed E-state index contributed by atoms with van der Waals surface area (Å²) < 4.78 is 24.9. The predicted octanol–water partition coefficient (Wildman–Crippen LogP) is 9.12. The summed E-state index contributed by atoms with van der Waals surface area (Å²) in [7, 11) is -2.48. The Labute approximate surface area is 279 Å². The van der Waals surface area contributed by atoms with Gasteiger partial charge in [0.15, 0.2) is 16.6 Å². The van der Waals surface area contributed by atoms with E-state index in [0.29, 0.717) is 6.42 Å². The van der Waals surface area contributed by atoms with Gasteiger partial charge >= 0.3 is 5.97 Å². The van der Waals surface area contributed by atoms with E-state index in [1.54, 1.807) is 24.7 Å². The van der Waals surface area contributed by atoms with Crippen LogP contribution < -0.4 is 0 Å². The SMILES string of the molecule is CO/C=C/C1=C/C[C@@H](/C(C)=C/c2csc(C)n2)OC(=O)CC(O[Si](C)(C)C)C(C)(C)C(=O)[C@H](C)C(O[Si](C)(C)C)C(C)CCC1. The minimum absolute atomic E-state index is 0.00936. The molecule has 1 aliphatic heterocycles. The van der Waals surface area contributed by atoms with Crippen LogP contribution in [-0.4, -0.2) is 58.8 Å². The summed E-state index contributed by atoms with van der Waals surface area (Å²) in [6, 6.07) is 0. The van der Waals surface area contributed by atoms with Crippen molar-refractivity contribution in [2.24, 2.45) is 17.3 Å². The lowest BCUT2D eigenvalue weighted by molar-refractivity contribution is -0.153. The molecule has 5 atom stereocenters. The largest absolute Gasteiger partial charge is 0.504 e. The molecule has 10 heteroatoms. The smallest absolute Gasteiger partial charge is 0.309 e. The van der Waals surface area contributed by atoms with Crippen molar-refractivity contribution in [1.29, 1.82) is 0 Å². The fraction of sp³-hybridized carbons (Fsp3) is 0.686. The van der Waals surface area contributed by atoms with Gasteiger partial charge in [-0.25, -0.2) is 4.98 Å². The quantitative estimate of drug-likeness (QED) is 0.154. The van der Waals surface area contributed by atoms with Crippen molar-refractivity contribution in [2.75, 3.05) is 7.11 Å². The number of rotatable bonds is 8. The Morgan fingerprint density at radius 2 is 1.73 bits per heavy atom. The zero-order chi connectivity index (χ0) is 34.2. The summed E-state index contributed by atoms with van der Waals surface area (Å²) in [4.78, 5) is 32.8. The molecule has 0 aromatic carbocycles. The topological polar surface area (TPSA) is 84.0 Å². The molecule has 45 heavy (non-hydrogen) atoms. The molecule has 2 heterocycles. The third kappa shape index (κ3) is 13.0. The number of ether oxygens (including phenoxy) is 2. The van der Waals surface area contributed by atoms with Gasteiger partial charge in [0.05, 0.1) is 42.7 Å². The van der Waals surface area contributed by atoms with E-state index < -0.39 is 34.3 Å². The number of aromatic nitrogens is 1. The summed E-state index contributed by atoms with van der Waals surface area (Å²) in [6.07, 6.45) is 9.66. The number of hydrogen-bond acceptors (Lipinski definition) is 8. The van der Waals surface area contributed by atoms with Gasteiger partial charge in [0.1, 0.15) is 11.9 Å². The first-order valence-corrected chi connectivity index (χ1v) is 24.0. The number of cyclic esters (lactones) is 1. The molecule has 1 aromatic heterocycles. The predicted molar refractivity (Wildman–Crippen MR) is 191 cm³/mol. The van der Waals surface area contributed by atoms with Gasteiger partial charge in [-0.2, -0.15) is 0 Å². The van der Waals surface area contributed by atoms with Crippen molar-refractivity contribution in [2.45, 2.75) is 131 Å². The van der Waals surface area contributed by atoms with E-state index in [1.807, 2.05) is 52.2 Å². The molecular formula is C35H59NO6SSi2. The van der Waals surface area contributed by atoms with Crippen molar-refractivity contribution < 1.29 is 27.9 Å². The van der Waals surface area contributed by atoms with Crippen molar-refractivity contribution in [3.8, 4) is 0 Å². The van der Waals surface area contributed by atoms with Crippen LogP contribution in [0.1, 0.15) is 77.4 Å². The van der Waals surface area contributed by atoms with Crippen LogP contribution in [0.25, 0.3) is 6.08 Å². The Kier molecular flexibility index (Phi) is 14.7. The van der Waals surface area contributed by atoms with Gasteiger partial charge in [-0.15, -0.1) is 11.3 Å². The minimum atomic E-state index is -2.15. The van der Waals surface area contributed by atoms with E-state index in [1.165, 1.54) is 0 Å². The standard InChI is InChI=1S/C35H59NO6SSi2/c1-24-15-14-16-28(19-20-39-7)17-18-30(25(2)21-29-23-43-27(4)36-29)40-32(37)22-31(41-44(8,9)10)35(5,6)34(38)26(3)33(24)42-45(11,12)13/h17,19-21,23-24,26,30-31,33H,14-16,18,22H2,1-13H3/b20-19+,25-21+,28-17+/t24?,26-,30+,31?,33?/m1/s1. The van der Waals surface area contributed by atoms with Gasteiger partial charge in [-0.05, 0) is 102 Å². The van der Waals surface area contributed by atoms with Crippen LogP contribution in [0.3, 0.4) is 0 Å². The van der Waals surface area contributed by atoms with Crippen LogP contribution in [0.15, 0.2) is 34.9 Å². The third-order valence-corrected chi connectivity index (χ3v) is 10.9. The normalized spacial score (nSPS) is 28.1. The van der Waals surface area contributed by atoms with Crippen molar-refractivity contribution in [1.82, 2.24) is 4.98 Å². The average molecular weight is 678 g/mol. The highest BCUT2D eigenvalue weighted by Crippen LogP contribution is 2.37. The summed E-state index contributed by atoms with van der Waals surface area (Å²) in [5, 5.41) is 2.99. The molecule has 0 saturated carbocycles. The van der Waals surface area contributed by atoms with E-state index in [-0.39, 0.29) is 36.1 Å². The third-order valence-electron chi connectivity index (χ3n) is 8.18. The molecule has 1 aliphatic rings. The molecule has 3 unspecified atom stereocenters. The maximum atomic E-state index is 14.4.